The van der Waals surface area contributed by atoms with Crippen LogP contribution in [0, 0.1) is 0 Å². The summed E-state index contributed by atoms with van der Waals surface area (Å²) >= 11 is 0. The van der Waals surface area contributed by atoms with Gasteiger partial charge in [0.2, 0.25) is 5.95 Å². The number of anilines is 2. The molecule has 0 aromatic carbocycles. The summed E-state index contributed by atoms with van der Waals surface area (Å²) < 4.78 is 0. The van der Waals surface area contributed by atoms with Crippen molar-refractivity contribution in [3.8, 4) is 0 Å². The minimum absolute atomic E-state index is 0.946. The predicted octanol–water partition coefficient (Wildman–Crippen LogP) is 2.39. The van der Waals surface area contributed by atoms with Crippen molar-refractivity contribution < 1.29 is 0 Å². The summed E-state index contributed by atoms with van der Waals surface area (Å²) in [5.74, 6) is 2.00. The Morgan fingerprint density at radius 2 is 1.72 bits per heavy atom. The Balaban J connectivity index is 1.91. The summed E-state index contributed by atoms with van der Waals surface area (Å²) in [5.41, 5.74) is 2.62. The molecule has 2 aliphatic rings. The van der Waals surface area contributed by atoms with Gasteiger partial charge < -0.3 is 10.2 Å². The van der Waals surface area contributed by atoms with E-state index < -0.39 is 0 Å². The van der Waals surface area contributed by atoms with Crippen molar-refractivity contribution in [2.24, 2.45) is 0 Å². The fraction of sp³-hybridized carbons (Fsp3) is 0.714. The van der Waals surface area contributed by atoms with Crippen LogP contribution < -0.4 is 10.2 Å². The zero-order chi connectivity index (χ0) is 12.4. The average Bonchev–Trinajstić information content (AvgIpc) is 2.71. The second-order valence-electron chi connectivity index (χ2n) is 5.30. The first-order valence-corrected chi connectivity index (χ1v) is 7.21. The van der Waals surface area contributed by atoms with Crippen LogP contribution >= 0.6 is 0 Å². The van der Waals surface area contributed by atoms with Crippen LogP contribution in [0.1, 0.15) is 43.4 Å². The molecule has 1 aromatic rings. The van der Waals surface area contributed by atoms with E-state index in [2.05, 4.69) is 10.2 Å². The first kappa shape index (κ1) is 11.8. The van der Waals surface area contributed by atoms with Crippen molar-refractivity contribution in [1.29, 1.82) is 0 Å². The van der Waals surface area contributed by atoms with Gasteiger partial charge in [0, 0.05) is 25.7 Å². The first-order chi connectivity index (χ1) is 8.88. The van der Waals surface area contributed by atoms with Crippen molar-refractivity contribution in [3.05, 3.63) is 11.3 Å². The van der Waals surface area contributed by atoms with Crippen LogP contribution in [-0.2, 0) is 12.8 Å². The molecule has 0 atom stereocenters. The molecule has 0 amide bonds. The number of rotatable bonds is 2. The Bertz CT molecular complexity index is 422. The molecular formula is C14H22N4. The molecule has 18 heavy (non-hydrogen) atoms. The van der Waals surface area contributed by atoms with E-state index in [-0.39, 0.29) is 0 Å². The van der Waals surface area contributed by atoms with Crippen LogP contribution in [0.5, 0.6) is 0 Å². The smallest absolute Gasteiger partial charge is 0.227 e. The van der Waals surface area contributed by atoms with Crippen molar-refractivity contribution in [3.63, 3.8) is 0 Å². The van der Waals surface area contributed by atoms with Gasteiger partial charge in [0.1, 0.15) is 5.82 Å². The maximum atomic E-state index is 4.80. The number of aryl methyl sites for hydroxylation is 1. The van der Waals surface area contributed by atoms with Gasteiger partial charge in [0.05, 0.1) is 5.69 Å². The van der Waals surface area contributed by atoms with E-state index in [1.54, 1.807) is 0 Å². The SMILES string of the molecule is CNc1nc(N2CCCCCC2)nc2c1CCC2. The Morgan fingerprint density at radius 3 is 2.44 bits per heavy atom. The summed E-state index contributed by atoms with van der Waals surface area (Å²) in [5, 5.41) is 3.24. The maximum Gasteiger partial charge on any atom is 0.227 e. The van der Waals surface area contributed by atoms with E-state index >= 15 is 0 Å². The van der Waals surface area contributed by atoms with Gasteiger partial charge in [-0.15, -0.1) is 0 Å². The van der Waals surface area contributed by atoms with Gasteiger partial charge in [-0.25, -0.2) is 4.98 Å². The minimum Gasteiger partial charge on any atom is -0.373 e. The second kappa shape index (κ2) is 5.12. The molecule has 1 aliphatic heterocycles. The van der Waals surface area contributed by atoms with Crippen LogP contribution in [0.25, 0.3) is 0 Å². The lowest BCUT2D eigenvalue weighted by Crippen LogP contribution is -2.26. The van der Waals surface area contributed by atoms with Crippen molar-refractivity contribution in [2.45, 2.75) is 44.9 Å². The van der Waals surface area contributed by atoms with E-state index in [9.17, 15) is 0 Å². The highest BCUT2D eigenvalue weighted by Crippen LogP contribution is 2.28. The largest absolute Gasteiger partial charge is 0.373 e. The molecule has 4 heteroatoms. The number of fused-ring (bicyclic) bond motifs is 1. The van der Waals surface area contributed by atoms with Gasteiger partial charge in [0.25, 0.3) is 0 Å². The van der Waals surface area contributed by atoms with Crippen LogP contribution in [0.2, 0.25) is 0 Å². The van der Waals surface area contributed by atoms with Crippen molar-refractivity contribution >= 4 is 11.8 Å². The van der Waals surface area contributed by atoms with Crippen LogP contribution in [-0.4, -0.2) is 30.1 Å². The third-order valence-corrected chi connectivity index (χ3v) is 4.05. The van der Waals surface area contributed by atoms with Gasteiger partial charge in [-0.3, -0.25) is 0 Å². The third-order valence-electron chi connectivity index (χ3n) is 4.05. The number of hydrogen-bond acceptors (Lipinski definition) is 4. The lowest BCUT2D eigenvalue weighted by Gasteiger charge is -2.21. The Kier molecular flexibility index (Phi) is 3.35. The van der Waals surface area contributed by atoms with E-state index in [4.69, 9.17) is 9.97 Å². The topological polar surface area (TPSA) is 41.1 Å². The highest BCUT2D eigenvalue weighted by atomic mass is 15.3. The number of nitrogens with zero attached hydrogens (tertiary/aromatic N) is 3. The molecule has 0 radical (unpaired) electrons. The quantitative estimate of drug-likeness (QED) is 0.870. The normalized spacial score (nSPS) is 19.5. The van der Waals surface area contributed by atoms with E-state index in [1.807, 2.05) is 7.05 Å². The predicted molar refractivity (Wildman–Crippen MR) is 74.3 cm³/mol. The summed E-state index contributed by atoms with van der Waals surface area (Å²) in [6.45, 7) is 2.23. The molecule has 4 nitrogen and oxygen atoms in total. The molecule has 0 unspecified atom stereocenters. The summed E-state index contributed by atoms with van der Waals surface area (Å²) in [4.78, 5) is 11.9. The number of aromatic nitrogens is 2. The van der Waals surface area contributed by atoms with Crippen LogP contribution in [0.15, 0.2) is 0 Å². The highest BCUT2D eigenvalue weighted by Gasteiger charge is 2.21. The molecule has 1 saturated heterocycles. The Hall–Kier alpha value is -1.32. The van der Waals surface area contributed by atoms with Gasteiger partial charge in [-0.05, 0) is 32.1 Å². The zero-order valence-electron chi connectivity index (χ0n) is 11.2. The molecule has 98 valence electrons. The first-order valence-electron chi connectivity index (χ1n) is 7.21. The van der Waals surface area contributed by atoms with Crippen LogP contribution in [0.3, 0.4) is 0 Å². The van der Waals surface area contributed by atoms with E-state index in [1.165, 1.54) is 43.4 Å². The fourth-order valence-electron chi connectivity index (χ4n) is 3.04. The summed E-state index contributed by atoms with van der Waals surface area (Å²) in [7, 11) is 1.97. The lowest BCUT2D eigenvalue weighted by atomic mass is 10.2. The number of hydrogen-bond donors (Lipinski definition) is 1. The van der Waals surface area contributed by atoms with E-state index in [0.29, 0.717) is 0 Å². The van der Waals surface area contributed by atoms with Crippen molar-refractivity contribution in [2.75, 3.05) is 30.4 Å². The second-order valence-corrected chi connectivity index (χ2v) is 5.30. The average molecular weight is 246 g/mol. The van der Waals surface area contributed by atoms with E-state index in [0.717, 1.165) is 37.7 Å². The molecular weight excluding hydrogens is 224 g/mol. The van der Waals surface area contributed by atoms with Crippen molar-refractivity contribution in [1.82, 2.24) is 9.97 Å². The molecule has 3 rings (SSSR count). The molecule has 1 aromatic heterocycles. The molecule has 0 saturated carbocycles. The number of nitrogens with one attached hydrogen (secondary N) is 1. The maximum absolute atomic E-state index is 4.80. The highest BCUT2D eigenvalue weighted by molar-refractivity contribution is 5.52. The molecule has 2 heterocycles. The van der Waals surface area contributed by atoms with Gasteiger partial charge in [-0.2, -0.15) is 4.98 Å². The third kappa shape index (κ3) is 2.16. The Labute approximate surface area is 109 Å². The molecule has 1 N–H and O–H groups in total. The summed E-state index contributed by atoms with van der Waals surface area (Å²) in [6, 6.07) is 0. The standard InChI is InChI=1S/C14H22N4/c1-15-13-11-7-6-8-12(11)16-14(17-13)18-9-4-2-3-5-10-18/h2-10H2,1H3,(H,15,16,17). The fourth-order valence-corrected chi connectivity index (χ4v) is 3.04. The summed E-state index contributed by atoms with van der Waals surface area (Å²) in [6.07, 6.45) is 8.71. The van der Waals surface area contributed by atoms with Gasteiger partial charge in [0.15, 0.2) is 0 Å². The molecule has 1 fully saturated rings. The van der Waals surface area contributed by atoms with Gasteiger partial charge in [-0.1, -0.05) is 12.8 Å². The van der Waals surface area contributed by atoms with Crippen LogP contribution in [0.4, 0.5) is 11.8 Å². The lowest BCUT2D eigenvalue weighted by molar-refractivity contribution is 0.726. The minimum atomic E-state index is 0.946. The monoisotopic (exact) mass is 246 g/mol. The molecule has 0 spiro atoms. The zero-order valence-corrected chi connectivity index (χ0v) is 11.2. The molecule has 0 bridgehead atoms. The van der Waals surface area contributed by atoms with Gasteiger partial charge >= 0.3 is 0 Å². The Morgan fingerprint density at radius 1 is 0.944 bits per heavy atom. The molecule has 1 aliphatic carbocycles.